The molecule has 0 saturated heterocycles. The lowest BCUT2D eigenvalue weighted by atomic mass is 10.1. The Hall–Kier alpha value is -3.27. The van der Waals surface area contributed by atoms with E-state index in [2.05, 4.69) is 5.32 Å². The molecule has 0 aliphatic rings. The summed E-state index contributed by atoms with van der Waals surface area (Å²) in [5.41, 5.74) is 0.765. The lowest BCUT2D eigenvalue weighted by Gasteiger charge is -2.33. The number of anilines is 1. The molecular formula is C30H35Cl2N3O5S. The zero-order valence-corrected chi connectivity index (χ0v) is 25.7. The number of ether oxygens (including phenoxy) is 1. The monoisotopic (exact) mass is 619 g/mol. The van der Waals surface area contributed by atoms with Crippen molar-refractivity contribution >= 4 is 50.7 Å². The second-order valence-electron chi connectivity index (χ2n) is 9.31. The van der Waals surface area contributed by atoms with Gasteiger partial charge in [-0.3, -0.25) is 13.9 Å². The number of hydrogen-bond acceptors (Lipinski definition) is 5. The molecule has 3 rings (SSSR count). The zero-order chi connectivity index (χ0) is 30.0. The van der Waals surface area contributed by atoms with Crippen LogP contribution in [0.1, 0.15) is 38.7 Å². The van der Waals surface area contributed by atoms with Gasteiger partial charge in [-0.05, 0) is 61.4 Å². The average Bonchev–Trinajstić information content (AvgIpc) is 2.97. The number of nitrogens with one attached hydrogen (secondary N) is 1. The van der Waals surface area contributed by atoms with Crippen LogP contribution >= 0.6 is 23.2 Å². The van der Waals surface area contributed by atoms with Crippen molar-refractivity contribution in [2.24, 2.45) is 0 Å². The minimum atomic E-state index is -4.19. The molecule has 0 saturated carbocycles. The third kappa shape index (κ3) is 8.15. The first kappa shape index (κ1) is 32.2. The van der Waals surface area contributed by atoms with Crippen LogP contribution in [0.25, 0.3) is 0 Å². The number of benzene rings is 3. The van der Waals surface area contributed by atoms with Crippen molar-refractivity contribution in [1.29, 1.82) is 0 Å². The van der Waals surface area contributed by atoms with Crippen LogP contribution in [0.15, 0.2) is 77.7 Å². The second kappa shape index (κ2) is 15.1. The van der Waals surface area contributed by atoms with Crippen LogP contribution in [0.3, 0.4) is 0 Å². The summed E-state index contributed by atoms with van der Waals surface area (Å²) in [7, 11) is -2.70. The first-order valence-electron chi connectivity index (χ1n) is 13.4. The van der Waals surface area contributed by atoms with Gasteiger partial charge in [0.1, 0.15) is 18.3 Å². The van der Waals surface area contributed by atoms with Crippen molar-refractivity contribution in [3.8, 4) is 5.75 Å². The number of carbonyl (C=O) groups is 2. The Balaban J connectivity index is 2.05. The number of hydrogen-bond donors (Lipinski definition) is 1. The van der Waals surface area contributed by atoms with Gasteiger partial charge >= 0.3 is 0 Å². The third-order valence-corrected chi connectivity index (χ3v) is 9.07. The summed E-state index contributed by atoms with van der Waals surface area (Å²) in [5.74, 6) is -0.421. The summed E-state index contributed by atoms with van der Waals surface area (Å²) in [6, 6.07) is 18.4. The number of para-hydroxylation sites is 1. The van der Waals surface area contributed by atoms with Gasteiger partial charge in [-0.15, -0.1) is 0 Å². The number of sulfonamides is 1. The summed E-state index contributed by atoms with van der Waals surface area (Å²) in [6.07, 6.45) is 1.97. The van der Waals surface area contributed by atoms with Crippen LogP contribution in [0.5, 0.6) is 5.75 Å². The fraction of sp³-hybridized carbons (Fsp3) is 0.333. The van der Waals surface area contributed by atoms with Crippen molar-refractivity contribution in [3.63, 3.8) is 0 Å². The predicted octanol–water partition coefficient (Wildman–Crippen LogP) is 5.92. The highest BCUT2D eigenvalue weighted by atomic mass is 35.5. The summed E-state index contributed by atoms with van der Waals surface area (Å²) in [6.45, 7) is 3.63. The van der Waals surface area contributed by atoms with Gasteiger partial charge in [0.05, 0.1) is 17.7 Å². The van der Waals surface area contributed by atoms with Gasteiger partial charge in [-0.1, -0.05) is 67.7 Å². The van der Waals surface area contributed by atoms with Crippen LogP contribution in [-0.2, 0) is 26.2 Å². The zero-order valence-electron chi connectivity index (χ0n) is 23.3. The van der Waals surface area contributed by atoms with E-state index in [1.54, 1.807) is 55.5 Å². The Morgan fingerprint density at radius 2 is 1.56 bits per heavy atom. The van der Waals surface area contributed by atoms with Crippen molar-refractivity contribution < 1.29 is 22.7 Å². The van der Waals surface area contributed by atoms with E-state index >= 15 is 0 Å². The fourth-order valence-corrected chi connectivity index (χ4v) is 6.21. The second-order valence-corrected chi connectivity index (χ2v) is 12.0. The predicted molar refractivity (Wildman–Crippen MR) is 163 cm³/mol. The molecule has 1 atom stereocenters. The molecule has 0 aromatic heterocycles. The quantitative estimate of drug-likeness (QED) is 0.226. The van der Waals surface area contributed by atoms with E-state index in [9.17, 15) is 18.0 Å². The molecule has 0 unspecified atom stereocenters. The van der Waals surface area contributed by atoms with E-state index in [1.807, 2.05) is 6.92 Å². The Morgan fingerprint density at radius 3 is 2.12 bits per heavy atom. The third-order valence-electron chi connectivity index (χ3n) is 6.58. The number of unbranched alkanes of at least 4 members (excludes halogenated alkanes) is 1. The largest absolute Gasteiger partial charge is 0.497 e. The topological polar surface area (TPSA) is 96.0 Å². The van der Waals surface area contributed by atoms with E-state index in [-0.39, 0.29) is 17.3 Å². The van der Waals surface area contributed by atoms with E-state index < -0.39 is 28.5 Å². The number of halogens is 2. The molecule has 0 fully saturated rings. The summed E-state index contributed by atoms with van der Waals surface area (Å²) < 4.78 is 34.0. The molecule has 0 aliphatic heterocycles. The highest BCUT2D eigenvalue weighted by molar-refractivity contribution is 7.92. The number of carbonyl (C=O) groups excluding carboxylic acids is 2. The minimum Gasteiger partial charge on any atom is -0.497 e. The molecule has 220 valence electrons. The van der Waals surface area contributed by atoms with Gasteiger partial charge in [0.2, 0.25) is 11.8 Å². The standard InChI is InChI=1S/C30H35Cl2N3O5S/c1-4-6-19-33-30(37)28(5-2)34(20-25-26(31)13-10-14-27(25)32)29(36)21-35(22-11-8-7-9-12-22)41(38,39)24-17-15-23(40-3)16-18-24/h7-18,28H,4-6,19-21H2,1-3H3,(H,33,37)/t28-/m1/s1. The number of methoxy groups -OCH3 is 1. The molecule has 11 heteroatoms. The van der Waals surface area contributed by atoms with Crippen LogP contribution in [0.2, 0.25) is 10.0 Å². The molecule has 2 amide bonds. The summed E-state index contributed by atoms with van der Waals surface area (Å²) in [4.78, 5) is 28.7. The van der Waals surface area contributed by atoms with E-state index in [0.29, 0.717) is 40.0 Å². The van der Waals surface area contributed by atoms with Crippen LogP contribution < -0.4 is 14.4 Å². The molecule has 0 radical (unpaired) electrons. The number of rotatable bonds is 14. The number of amides is 2. The normalized spacial score (nSPS) is 11.9. The van der Waals surface area contributed by atoms with Gasteiger partial charge in [0.15, 0.2) is 0 Å². The fourth-order valence-electron chi connectivity index (χ4n) is 4.28. The maximum Gasteiger partial charge on any atom is 0.264 e. The van der Waals surface area contributed by atoms with Gasteiger partial charge in [0.25, 0.3) is 10.0 Å². The Bertz CT molecular complexity index is 1400. The summed E-state index contributed by atoms with van der Waals surface area (Å²) in [5, 5.41) is 3.57. The Morgan fingerprint density at radius 1 is 0.927 bits per heavy atom. The lowest BCUT2D eigenvalue weighted by Crippen LogP contribution is -2.52. The number of nitrogens with zero attached hydrogens (tertiary/aromatic N) is 2. The molecular weight excluding hydrogens is 585 g/mol. The molecule has 8 nitrogen and oxygen atoms in total. The van der Waals surface area contributed by atoms with Crippen molar-refractivity contribution in [2.45, 2.75) is 50.6 Å². The summed E-state index contributed by atoms with van der Waals surface area (Å²) >= 11 is 12.9. The van der Waals surface area contributed by atoms with Crippen molar-refractivity contribution in [1.82, 2.24) is 10.2 Å². The molecule has 3 aromatic carbocycles. The molecule has 0 aliphatic carbocycles. The minimum absolute atomic E-state index is 0.0139. The van der Waals surface area contributed by atoms with Crippen LogP contribution in [-0.4, -0.2) is 51.4 Å². The van der Waals surface area contributed by atoms with E-state index in [1.165, 1.54) is 36.3 Å². The maximum absolute atomic E-state index is 14.1. The van der Waals surface area contributed by atoms with E-state index in [0.717, 1.165) is 17.1 Å². The van der Waals surface area contributed by atoms with Gasteiger partial charge in [0, 0.05) is 28.7 Å². The highest BCUT2D eigenvalue weighted by Gasteiger charge is 2.34. The molecule has 1 N–H and O–H groups in total. The SMILES string of the molecule is CCCCNC(=O)[C@@H](CC)N(Cc1c(Cl)cccc1Cl)C(=O)CN(c1ccccc1)S(=O)(=O)c1ccc(OC)cc1. The molecule has 41 heavy (non-hydrogen) atoms. The first-order chi connectivity index (χ1) is 19.6. The smallest absolute Gasteiger partial charge is 0.264 e. The van der Waals surface area contributed by atoms with Gasteiger partial charge < -0.3 is 15.0 Å². The first-order valence-corrected chi connectivity index (χ1v) is 15.6. The molecule has 0 spiro atoms. The van der Waals surface area contributed by atoms with Crippen molar-refractivity contribution in [3.05, 3.63) is 88.4 Å². The lowest BCUT2D eigenvalue weighted by molar-refractivity contribution is -0.140. The molecule has 0 heterocycles. The van der Waals surface area contributed by atoms with Crippen LogP contribution in [0.4, 0.5) is 5.69 Å². The van der Waals surface area contributed by atoms with Gasteiger partial charge in [-0.25, -0.2) is 8.42 Å². The van der Waals surface area contributed by atoms with Crippen molar-refractivity contribution in [2.75, 3.05) is 24.5 Å². The maximum atomic E-state index is 14.1. The highest BCUT2D eigenvalue weighted by Crippen LogP contribution is 2.29. The molecule has 0 bridgehead atoms. The Kier molecular flexibility index (Phi) is 11.9. The van der Waals surface area contributed by atoms with Gasteiger partial charge in [-0.2, -0.15) is 0 Å². The Labute approximate surface area is 252 Å². The average molecular weight is 621 g/mol. The van der Waals surface area contributed by atoms with Crippen LogP contribution in [0, 0.1) is 0 Å². The van der Waals surface area contributed by atoms with E-state index in [4.69, 9.17) is 27.9 Å². The molecule has 3 aromatic rings.